The van der Waals surface area contributed by atoms with Gasteiger partial charge < -0.3 is 5.11 Å². The second kappa shape index (κ2) is 4.86. The van der Waals surface area contributed by atoms with Crippen molar-refractivity contribution in [3.63, 3.8) is 0 Å². The largest absolute Gasteiger partial charge is 0.393 e. The van der Waals surface area contributed by atoms with Crippen LogP contribution in [-0.4, -0.2) is 11.2 Å². The molecule has 1 saturated carbocycles. The highest BCUT2D eigenvalue weighted by Gasteiger charge is 2.24. The molecule has 1 nitrogen and oxygen atoms in total. The molecule has 0 amide bonds. The van der Waals surface area contributed by atoms with Crippen molar-refractivity contribution in [2.24, 2.45) is 11.8 Å². The van der Waals surface area contributed by atoms with E-state index in [0.717, 1.165) is 18.8 Å². The number of aliphatic hydroxyl groups is 1. The molecule has 1 fully saturated rings. The number of hydrogen-bond donors (Lipinski definition) is 1. The van der Waals surface area contributed by atoms with E-state index in [-0.39, 0.29) is 6.10 Å². The van der Waals surface area contributed by atoms with E-state index in [9.17, 15) is 5.11 Å². The lowest BCUT2D eigenvalue weighted by atomic mass is 9.79. The van der Waals surface area contributed by atoms with Gasteiger partial charge in [-0.05, 0) is 31.1 Å². The predicted octanol–water partition coefficient (Wildman–Crippen LogP) is 2.97. The Labute approximate surface area is 76.2 Å². The van der Waals surface area contributed by atoms with E-state index >= 15 is 0 Å². The first kappa shape index (κ1) is 10.0. The minimum atomic E-state index is -0.0160. The molecule has 0 aliphatic heterocycles. The van der Waals surface area contributed by atoms with Crippen molar-refractivity contribution in [2.75, 3.05) is 0 Å². The fourth-order valence-electron chi connectivity index (χ4n) is 2.36. The molecule has 1 rings (SSSR count). The molecule has 3 atom stereocenters. The van der Waals surface area contributed by atoms with Crippen LogP contribution < -0.4 is 0 Å². The molecule has 3 unspecified atom stereocenters. The van der Waals surface area contributed by atoms with Crippen molar-refractivity contribution in [2.45, 2.75) is 58.5 Å². The monoisotopic (exact) mass is 170 g/mol. The van der Waals surface area contributed by atoms with Gasteiger partial charge in [-0.3, -0.25) is 0 Å². The van der Waals surface area contributed by atoms with Gasteiger partial charge in [-0.1, -0.05) is 33.1 Å². The summed E-state index contributed by atoms with van der Waals surface area (Å²) in [6, 6.07) is 0. The summed E-state index contributed by atoms with van der Waals surface area (Å²) < 4.78 is 0. The van der Waals surface area contributed by atoms with E-state index in [2.05, 4.69) is 13.8 Å². The summed E-state index contributed by atoms with van der Waals surface area (Å²) in [5.74, 6) is 1.45. The van der Waals surface area contributed by atoms with Crippen molar-refractivity contribution in [1.29, 1.82) is 0 Å². The van der Waals surface area contributed by atoms with Gasteiger partial charge in [0.05, 0.1) is 6.10 Å². The van der Waals surface area contributed by atoms with Gasteiger partial charge in [-0.25, -0.2) is 0 Å². The van der Waals surface area contributed by atoms with Crippen LogP contribution in [0.4, 0.5) is 0 Å². The summed E-state index contributed by atoms with van der Waals surface area (Å²) in [7, 11) is 0. The molecule has 0 spiro atoms. The standard InChI is InChI=1S/C11H22O/c1-3-5-11(12)10-7-4-6-9(2)8-10/h9-12H,3-8H2,1-2H3. The van der Waals surface area contributed by atoms with Crippen LogP contribution in [0.25, 0.3) is 0 Å². The Kier molecular flexibility index (Phi) is 4.07. The minimum Gasteiger partial charge on any atom is -0.393 e. The first-order valence-corrected chi connectivity index (χ1v) is 5.42. The van der Waals surface area contributed by atoms with E-state index < -0.39 is 0 Å². The average Bonchev–Trinajstić information content (AvgIpc) is 2.05. The molecular weight excluding hydrogens is 148 g/mol. The lowest BCUT2D eigenvalue weighted by Crippen LogP contribution is -2.25. The third-order valence-corrected chi connectivity index (χ3v) is 3.11. The fraction of sp³-hybridized carbons (Fsp3) is 1.00. The van der Waals surface area contributed by atoms with Crippen LogP contribution in [0.1, 0.15) is 52.4 Å². The van der Waals surface area contributed by atoms with E-state index in [1.54, 1.807) is 0 Å². The maximum absolute atomic E-state index is 9.79. The predicted molar refractivity (Wildman–Crippen MR) is 52.0 cm³/mol. The van der Waals surface area contributed by atoms with E-state index in [4.69, 9.17) is 0 Å². The Bertz CT molecular complexity index is 122. The lowest BCUT2D eigenvalue weighted by Gasteiger charge is -2.30. The first-order chi connectivity index (χ1) is 5.74. The maximum atomic E-state index is 9.79. The van der Waals surface area contributed by atoms with E-state index in [1.807, 2.05) is 0 Å². The highest BCUT2D eigenvalue weighted by molar-refractivity contribution is 4.75. The zero-order valence-electron chi connectivity index (χ0n) is 8.42. The van der Waals surface area contributed by atoms with Crippen LogP contribution in [-0.2, 0) is 0 Å². The molecule has 1 N–H and O–H groups in total. The third kappa shape index (κ3) is 2.78. The zero-order valence-corrected chi connectivity index (χ0v) is 8.42. The van der Waals surface area contributed by atoms with Crippen LogP contribution in [0.3, 0.4) is 0 Å². The summed E-state index contributed by atoms with van der Waals surface area (Å²) in [6.45, 7) is 4.46. The summed E-state index contributed by atoms with van der Waals surface area (Å²) in [6.07, 6.45) is 7.30. The molecule has 12 heavy (non-hydrogen) atoms. The molecule has 72 valence electrons. The molecule has 0 bridgehead atoms. The Morgan fingerprint density at radius 1 is 1.42 bits per heavy atom. The second-order valence-corrected chi connectivity index (χ2v) is 4.39. The topological polar surface area (TPSA) is 20.2 Å². The highest BCUT2D eigenvalue weighted by Crippen LogP contribution is 2.31. The van der Waals surface area contributed by atoms with Gasteiger partial charge >= 0.3 is 0 Å². The number of hydrogen-bond acceptors (Lipinski definition) is 1. The van der Waals surface area contributed by atoms with Gasteiger partial charge in [-0.15, -0.1) is 0 Å². The number of aliphatic hydroxyl groups excluding tert-OH is 1. The van der Waals surface area contributed by atoms with Gasteiger partial charge in [0, 0.05) is 0 Å². The van der Waals surface area contributed by atoms with Gasteiger partial charge in [0.25, 0.3) is 0 Å². The van der Waals surface area contributed by atoms with Gasteiger partial charge in [0.2, 0.25) is 0 Å². The van der Waals surface area contributed by atoms with Crippen molar-refractivity contribution in [3.8, 4) is 0 Å². The molecule has 0 radical (unpaired) electrons. The minimum absolute atomic E-state index is 0.0160. The summed E-state index contributed by atoms with van der Waals surface area (Å²) in [4.78, 5) is 0. The van der Waals surface area contributed by atoms with Gasteiger partial charge in [-0.2, -0.15) is 0 Å². The Morgan fingerprint density at radius 3 is 2.75 bits per heavy atom. The zero-order chi connectivity index (χ0) is 8.97. The molecule has 1 aliphatic carbocycles. The normalized spacial score (nSPS) is 33.2. The Hall–Kier alpha value is -0.0400. The molecule has 0 aromatic carbocycles. The average molecular weight is 170 g/mol. The van der Waals surface area contributed by atoms with Crippen molar-refractivity contribution >= 4 is 0 Å². The molecule has 1 aliphatic rings. The Morgan fingerprint density at radius 2 is 2.17 bits per heavy atom. The maximum Gasteiger partial charge on any atom is 0.0568 e. The van der Waals surface area contributed by atoms with Crippen LogP contribution in [0.2, 0.25) is 0 Å². The first-order valence-electron chi connectivity index (χ1n) is 5.42. The quantitative estimate of drug-likeness (QED) is 0.690. The summed E-state index contributed by atoms with van der Waals surface area (Å²) >= 11 is 0. The molecule has 0 heterocycles. The second-order valence-electron chi connectivity index (χ2n) is 4.39. The smallest absolute Gasteiger partial charge is 0.0568 e. The molecule has 0 aromatic heterocycles. The van der Waals surface area contributed by atoms with Crippen molar-refractivity contribution in [3.05, 3.63) is 0 Å². The fourth-order valence-corrected chi connectivity index (χ4v) is 2.36. The van der Waals surface area contributed by atoms with Crippen LogP contribution in [0, 0.1) is 11.8 Å². The van der Waals surface area contributed by atoms with Gasteiger partial charge in [0.15, 0.2) is 0 Å². The highest BCUT2D eigenvalue weighted by atomic mass is 16.3. The Balaban J connectivity index is 2.29. The van der Waals surface area contributed by atoms with E-state index in [1.165, 1.54) is 25.7 Å². The lowest BCUT2D eigenvalue weighted by molar-refractivity contribution is 0.0643. The number of rotatable bonds is 3. The summed E-state index contributed by atoms with van der Waals surface area (Å²) in [5.41, 5.74) is 0. The molecule has 0 saturated heterocycles. The van der Waals surface area contributed by atoms with E-state index in [0.29, 0.717) is 5.92 Å². The third-order valence-electron chi connectivity index (χ3n) is 3.11. The molecule has 0 aromatic rings. The molecule has 1 heteroatoms. The van der Waals surface area contributed by atoms with Crippen molar-refractivity contribution in [1.82, 2.24) is 0 Å². The van der Waals surface area contributed by atoms with Gasteiger partial charge in [0.1, 0.15) is 0 Å². The van der Waals surface area contributed by atoms with Crippen molar-refractivity contribution < 1.29 is 5.11 Å². The van der Waals surface area contributed by atoms with Crippen LogP contribution >= 0.6 is 0 Å². The summed E-state index contributed by atoms with van der Waals surface area (Å²) in [5, 5.41) is 9.79. The SMILES string of the molecule is CCCC(O)C1CCCC(C)C1. The van der Waals surface area contributed by atoms with Crippen LogP contribution in [0.5, 0.6) is 0 Å². The molecular formula is C11H22O. The van der Waals surface area contributed by atoms with Crippen LogP contribution in [0.15, 0.2) is 0 Å².